The summed E-state index contributed by atoms with van der Waals surface area (Å²) < 4.78 is 6.58. The Kier molecular flexibility index (Phi) is 5.68. The molecular weight excluding hydrogens is 316 g/mol. The molecule has 0 bridgehead atoms. The van der Waals surface area contributed by atoms with Gasteiger partial charge in [-0.25, -0.2) is 0 Å². The van der Waals surface area contributed by atoms with E-state index >= 15 is 0 Å². The van der Waals surface area contributed by atoms with Gasteiger partial charge in [0.05, 0.1) is 12.8 Å². The summed E-state index contributed by atoms with van der Waals surface area (Å²) in [5, 5.41) is 3.35. The molecule has 0 amide bonds. The number of benzene rings is 1. The fourth-order valence-electron chi connectivity index (χ4n) is 2.11. The van der Waals surface area contributed by atoms with Gasteiger partial charge in [-0.1, -0.05) is 28.9 Å². The van der Waals surface area contributed by atoms with E-state index in [-0.39, 0.29) is 0 Å². The quantitative estimate of drug-likeness (QED) is 0.822. The van der Waals surface area contributed by atoms with Crippen LogP contribution in [0.15, 0.2) is 45.5 Å². The highest BCUT2D eigenvalue weighted by Crippen LogP contribution is 2.25. The minimum atomic E-state index is 0.794. The standard InChI is InChI=1S/C16H21BrN2O/c1-3-18-11-13-7-8-14(10-16(13)17)19(4-2)12-15-6-5-9-20-15/h5-10,18H,3-4,11-12H2,1-2H3. The van der Waals surface area contributed by atoms with Gasteiger partial charge < -0.3 is 14.6 Å². The lowest BCUT2D eigenvalue weighted by Crippen LogP contribution is -2.22. The molecule has 1 heterocycles. The first-order chi connectivity index (χ1) is 9.74. The topological polar surface area (TPSA) is 28.4 Å². The first-order valence-corrected chi connectivity index (χ1v) is 7.80. The van der Waals surface area contributed by atoms with Crippen LogP contribution >= 0.6 is 15.9 Å². The van der Waals surface area contributed by atoms with Crippen molar-refractivity contribution in [1.82, 2.24) is 5.32 Å². The molecule has 0 aliphatic heterocycles. The van der Waals surface area contributed by atoms with Crippen molar-refractivity contribution in [1.29, 1.82) is 0 Å². The third-order valence-corrected chi connectivity index (χ3v) is 4.01. The number of furan rings is 1. The second-order valence-electron chi connectivity index (χ2n) is 4.65. The van der Waals surface area contributed by atoms with E-state index in [9.17, 15) is 0 Å². The van der Waals surface area contributed by atoms with Crippen molar-refractivity contribution in [3.8, 4) is 0 Å². The molecule has 0 fully saturated rings. The van der Waals surface area contributed by atoms with Gasteiger partial charge in [0.25, 0.3) is 0 Å². The lowest BCUT2D eigenvalue weighted by Gasteiger charge is -2.23. The first kappa shape index (κ1) is 15.1. The molecule has 20 heavy (non-hydrogen) atoms. The third-order valence-electron chi connectivity index (χ3n) is 3.28. The van der Waals surface area contributed by atoms with Gasteiger partial charge in [-0.15, -0.1) is 0 Å². The van der Waals surface area contributed by atoms with Crippen LogP contribution in [0, 0.1) is 0 Å². The van der Waals surface area contributed by atoms with E-state index in [1.807, 2.05) is 12.1 Å². The second-order valence-corrected chi connectivity index (χ2v) is 5.50. The van der Waals surface area contributed by atoms with Crippen LogP contribution in [0.1, 0.15) is 25.2 Å². The van der Waals surface area contributed by atoms with Crippen LogP contribution in [0.25, 0.3) is 0 Å². The van der Waals surface area contributed by atoms with Gasteiger partial charge in [-0.05, 0) is 43.3 Å². The maximum absolute atomic E-state index is 5.43. The van der Waals surface area contributed by atoms with Crippen molar-refractivity contribution in [2.75, 3.05) is 18.0 Å². The van der Waals surface area contributed by atoms with Crippen molar-refractivity contribution < 1.29 is 4.42 Å². The predicted molar refractivity (Wildman–Crippen MR) is 87.0 cm³/mol. The van der Waals surface area contributed by atoms with Crippen molar-refractivity contribution in [3.05, 3.63) is 52.4 Å². The Morgan fingerprint density at radius 3 is 2.70 bits per heavy atom. The Labute approximate surface area is 129 Å². The molecule has 1 N–H and O–H groups in total. The molecule has 0 atom stereocenters. The highest BCUT2D eigenvalue weighted by atomic mass is 79.9. The maximum atomic E-state index is 5.43. The van der Waals surface area contributed by atoms with Gasteiger partial charge in [-0.2, -0.15) is 0 Å². The van der Waals surface area contributed by atoms with E-state index in [4.69, 9.17) is 4.42 Å². The van der Waals surface area contributed by atoms with E-state index in [0.717, 1.165) is 36.4 Å². The summed E-state index contributed by atoms with van der Waals surface area (Å²) in [7, 11) is 0. The molecule has 108 valence electrons. The van der Waals surface area contributed by atoms with Gasteiger partial charge in [-0.3, -0.25) is 0 Å². The monoisotopic (exact) mass is 336 g/mol. The van der Waals surface area contributed by atoms with Crippen LogP contribution in [0.2, 0.25) is 0 Å². The molecule has 3 nitrogen and oxygen atoms in total. The molecule has 2 aromatic rings. The number of rotatable bonds is 7. The van der Waals surface area contributed by atoms with Gasteiger partial charge in [0.2, 0.25) is 0 Å². The average Bonchev–Trinajstić information content (AvgIpc) is 2.96. The molecule has 0 saturated heterocycles. The van der Waals surface area contributed by atoms with Crippen LogP contribution in [0.4, 0.5) is 5.69 Å². The van der Waals surface area contributed by atoms with Gasteiger partial charge in [0, 0.05) is 23.2 Å². The van der Waals surface area contributed by atoms with Gasteiger partial charge in [0.15, 0.2) is 0 Å². The van der Waals surface area contributed by atoms with Crippen LogP contribution < -0.4 is 10.2 Å². The second kappa shape index (κ2) is 7.50. The SMILES string of the molecule is CCNCc1ccc(N(CC)Cc2ccco2)cc1Br. The van der Waals surface area contributed by atoms with E-state index < -0.39 is 0 Å². The molecule has 4 heteroatoms. The lowest BCUT2D eigenvalue weighted by molar-refractivity contribution is 0.503. The first-order valence-electron chi connectivity index (χ1n) is 7.01. The molecule has 0 radical (unpaired) electrons. The number of hydrogen-bond acceptors (Lipinski definition) is 3. The summed E-state index contributed by atoms with van der Waals surface area (Å²) in [6, 6.07) is 10.5. The van der Waals surface area contributed by atoms with E-state index in [2.05, 4.69) is 58.2 Å². The van der Waals surface area contributed by atoms with Crippen molar-refractivity contribution in [3.63, 3.8) is 0 Å². The molecule has 1 aromatic heterocycles. The van der Waals surface area contributed by atoms with Crippen molar-refractivity contribution in [2.45, 2.75) is 26.9 Å². The highest BCUT2D eigenvalue weighted by molar-refractivity contribution is 9.10. The number of nitrogens with one attached hydrogen (secondary N) is 1. The molecule has 1 aromatic carbocycles. The average molecular weight is 337 g/mol. The van der Waals surface area contributed by atoms with E-state index in [1.165, 1.54) is 11.3 Å². The molecule has 0 aliphatic rings. The Balaban J connectivity index is 2.11. The molecule has 0 spiro atoms. The van der Waals surface area contributed by atoms with Gasteiger partial charge >= 0.3 is 0 Å². The fraction of sp³-hybridized carbons (Fsp3) is 0.375. The summed E-state index contributed by atoms with van der Waals surface area (Å²) in [5.41, 5.74) is 2.49. The largest absolute Gasteiger partial charge is 0.467 e. The minimum absolute atomic E-state index is 0.794. The highest BCUT2D eigenvalue weighted by Gasteiger charge is 2.09. The fourth-order valence-corrected chi connectivity index (χ4v) is 2.62. The zero-order chi connectivity index (χ0) is 14.4. The van der Waals surface area contributed by atoms with E-state index in [0.29, 0.717) is 0 Å². The Morgan fingerprint density at radius 2 is 2.10 bits per heavy atom. The van der Waals surface area contributed by atoms with Crippen molar-refractivity contribution in [2.24, 2.45) is 0 Å². The summed E-state index contributed by atoms with van der Waals surface area (Å²) >= 11 is 3.66. The normalized spacial score (nSPS) is 10.8. The zero-order valence-corrected chi connectivity index (χ0v) is 13.6. The minimum Gasteiger partial charge on any atom is -0.467 e. The molecule has 0 unspecified atom stereocenters. The summed E-state index contributed by atoms with van der Waals surface area (Å²) in [6.07, 6.45) is 1.72. The number of halogens is 1. The van der Waals surface area contributed by atoms with Crippen molar-refractivity contribution >= 4 is 21.6 Å². The van der Waals surface area contributed by atoms with Crippen LogP contribution in [0.5, 0.6) is 0 Å². The molecule has 2 rings (SSSR count). The Bertz CT molecular complexity index is 525. The van der Waals surface area contributed by atoms with Gasteiger partial charge in [0.1, 0.15) is 5.76 Å². The summed E-state index contributed by atoms with van der Waals surface area (Å²) in [5.74, 6) is 0.986. The summed E-state index contributed by atoms with van der Waals surface area (Å²) in [4.78, 5) is 2.29. The maximum Gasteiger partial charge on any atom is 0.123 e. The zero-order valence-electron chi connectivity index (χ0n) is 12.0. The molecule has 0 saturated carbocycles. The molecular formula is C16H21BrN2O. The third kappa shape index (κ3) is 3.87. The number of hydrogen-bond donors (Lipinski definition) is 1. The number of nitrogens with zero attached hydrogens (tertiary/aromatic N) is 1. The number of anilines is 1. The summed E-state index contributed by atoms with van der Waals surface area (Å²) in [6.45, 7) is 7.88. The predicted octanol–water partition coefficient (Wildman–Crippen LogP) is 4.18. The Hall–Kier alpha value is -1.26. The molecule has 0 aliphatic carbocycles. The van der Waals surface area contributed by atoms with E-state index in [1.54, 1.807) is 6.26 Å². The van der Waals surface area contributed by atoms with Crippen LogP contribution in [-0.2, 0) is 13.1 Å². The van der Waals surface area contributed by atoms with Crippen LogP contribution in [0.3, 0.4) is 0 Å². The smallest absolute Gasteiger partial charge is 0.123 e. The van der Waals surface area contributed by atoms with Crippen LogP contribution in [-0.4, -0.2) is 13.1 Å². The Morgan fingerprint density at radius 1 is 1.25 bits per heavy atom. The lowest BCUT2D eigenvalue weighted by atomic mass is 10.2.